The number of aromatic nitrogens is 2. The van der Waals surface area contributed by atoms with Crippen molar-refractivity contribution in [2.45, 2.75) is 51.6 Å². The normalized spacial score (nSPS) is 14.5. The molecule has 0 N–H and O–H groups in total. The van der Waals surface area contributed by atoms with Gasteiger partial charge in [0, 0.05) is 28.3 Å². The van der Waals surface area contributed by atoms with E-state index in [0.29, 0.717) is 40.4 Å². The Balaban J connectivity index is 1.27. The number of benzene rings is 2. The van der Waals surface area contributed by atoms with Gasteiger partial charge in [0.15, 0.2) is 0 Å². The molecular formula is C29H24ClN3O5. The van der Waals surface area contributed by atoms with Crippen molar-refractivity contribution in [1.29, 1.82) is 0 Å². The molecule has 1 fully saturated rings. The summed E-state index contributed by atoms with van der Waals surface area (Å²) < 4.78 is 18.1. The number of halogens is 1. The van der Waals surface area contributed by atoms with Crippen LogP contribution in [0.25, 0.3) is 11.3 Å². The van der Waals surface area contributed by atoms with E-state index in [2.05, 4.69) is 10.3 Å². The van der Waals surface area contributed by atoms with Gasteiger partial charge in [-0.2, -0.15) is 0 Å². The summed E-state index contributed by atoms with van der Waals surface area (Å²) in [4.78, 5) is 27.2. The van der Waals surface area contributed by atoms with Crippen molar-refractivity contribution in [2.75, 3.05) is 0 Å². The van der Waals surface area contributed by atoms with E-state index >= 15 is 0 Å². The lowest BCUT2D eigenvalue weighted by atomic mass is 10.0. The molecule has 2 aromatic carbocycles. The quantitative estimate of drug-likeness (QED) is 0.240. The van der Waals surface area contributed by atoms with E-state index < -0.39 is 5.91 Å². The van der Waals surface area contributed by atoms with Gasteiger partial charge in [-0.05, 0) is 74.4 Å². The minimum atomic E-state index is -0.828. The predicted octanol–water partition coefficient (Wildman–Crippen LogP) is 7.34. The van der Waals surface area contributed by atoms with Crippen molar-refractivity contribution in [3.05, 3.63) is 92.2 Å². The zero-order valence-electron chi connectivity index (χ0n) is 20.7. The number of hydrogen-bond donors (Lipinski definition) is 0. The number of carbonyl (C=O) groups is 1. The fraction of sp³-hybridized carbons (Fsp3) is 0.276. The molecule has 38 heavy (non-hydrogen) atoms. The van der Waals surface area contributed by atoms with Crippen LogP contribution in [0.2, 0.25) is 5.02 Å². The highest BCUT2D eigenvalue weighted by atomic mass is 35.5. The molecule has 2 aliphatic rings. The Morgan fingerprint density at radius 2 is 2.00 bits per heavy atom. The fourth-order valence-corrected chi connectivity index (χ4v) is 5.14. The molecule has 192 valence electrons. The van der Waals surface area contributed by atoms with Crippen LogP contribution in [0.5, 0.6) is 17.4 Å². The molecule has 3 heterocycles. The monoisotopic (exact) mass is 529 g/mol. The van der Waals surface area contributed by atoms with Gasteiger partial charge >= 0.3 is 5.91 Å². The number of aryl methyl sites for hydroxylation is 3. The highest BCUT2D eigenvalue weighted by Gasteiger charge is 2.33. The van der Waals surface area contributed by atoms with E-state index in [4.69, 9.17) is 30.6 Å². The molecule has 1 aliphatic carbocycles. The Bertz CT molecular complexity index is 1540. The summed E-state index contributed by atoms with van der Waals surface area (Å²) in [5, 5.41) is 7.52. The second-order valence-corrected chi connectivity index (χ2v) is 10.0. The molecule has 0 bridgehead atoms. The Hall–Kier alpha value is -4.04. The van der Waals surface area contributed by atoms with Crippen LogP contribution in [0.3, 0.4) is 0 Å². The molecule has 1 amide bonds. The van der Waals surface area contributed by atoms with E-state index in [1.165, 1.54) is 0 Å². The molecule has 6 rings (SSSR count). The number of amides is 1. The maximum Gasteiger partial charge on any atom is 0.316 e. The summed E-state index contributed by atoms with van der Waals surface area (Å²) in [7, 11) is 0. The lowest BCUT2D eigenvalue weighted by molar-refractivity contribution is 0.100. The first-order valence-corrected chi connectivity index (χ1v) is 12.9. The van der Waals surface area contributed by atoms with E-state index in [1.807, 2.05) is 31.2 Å². The van der Waals surface area contributed by atoms with Crippen LogP contribution in [0, 0.1) is 11.8 Å². The van der Waals surface area contributed by atoms with Gasteiger partial charge in [0.25, 0.3) is 0 Å². The van der Waals surface area contributed by atoms with Gasteiger partial charge in [-0.1, -0.05) is 35.0 Å². The molecule has 2 aromatic heterocycles. The summed E-state index contributed by atoms with van der Waals surface area (Å²) in [6.45, 7) is 2.25. The molecule has 0 saturated heterocycles. The SMILES string of the molecule is Cc1cccc(Cl)c1-c1noc(C2CC2)c1COc1ccc2c(n1)CCCc1ccc(C(=O)N=O)cc1O2. The molecule has 0 radical (unpaired) electrons. The van der Waals surface area contributed by atoms with Crippen LogP contribution < -0.4 is 9.47 Å². The number of hydrogen-bond acceptors (Lipinski definition) is 7. The van der Waals surface area contributed by atoms with E-state index in [1.54, 1.807) is 24.3 Å². The number of carbonyl (C=O) groups excluding carboxylic acids is 1. The lowest BCUT2D eigenvalue weighted by Crippen LogP contribution is -2.06. The van der Waals surface area contributed by atoms with Crippen molar-refractivity contribution >= 4 is 17.5 Å². The average molecular weight is 530 g/mol. The molecule has 8 nitrogen and oxygen atoms in total. The lowest BCUT2D eigenvalue weighted by Gasteiger charge is -2.18. The third-order valence-electron chi connectivity index (χ3n) is 6.97. The minimum Gasteiger partial charge on any atom is -0.473 e. The van der Waals surface area contributed by atoms with Gasteiger partial charge in [-0.25, -0.2) is 4.98 Å². The van der Waals surface area contributed by atoms with Crippen LogP contribution in [0.1, 0.15) is 63.7 Å². The Kier molecular flexibility index (Phi) is 6.41. The predicted molar refractivity (Wildman–Crippen MR) is 141 cm³/mol. The Morgan fingerprint density at radius 1 is 1.13 bits per heavy atom. The van der Waals surface area contributed by atoms with Gasteiger partial charge in [0.2, 0.25) is 5.88 Å². The highest BCUT2D eigenvalue weighted by molar-refractivity contribution is 6.33. The summed E-state index contributed by atoms with van der Waals surface area (Å²) in [6, 6.07) is 14.3. The molecule has 0 spiro atoms. The zero-order chi connectivity index (χ0) is 26.2. The molecular weight excluding hydrogens is 506 g/mol. The molecule has 4 aromatic rings. The zero-order valence-corrected chi connectivity index (χ0v) is 21.5. The number of nitroso groups, excluding NO2 is 1. The number of fused-ring (bicyclic) bond motifs is 2. The van der Waals surface area contributed by atoms with E-state index in [-0.39, 0.29) is 12.2 Å². The third-order valence-corrected chi connectivity index (χ3v) is 7.29. The average Bonchev–Trinajstić information content (AvgIpc) is 3.67. The van der Waals surface area contributed by atoms with Crippen LogP contribution in [-0.4, -0.2) is 16.0 Å². The topological polar surface area (TPSA) is 104 Å². The van der Waals surface area contributed by atoms with Crippen molar-refractivity contribution < 1.29 is 18.8 Å². The van der Waals surface area contributed by atoms with Crippen molar-refractivity contribution in [3.8, 4) is 28.6 Å². The van der Waals surface area contributed by atoms with Gasteiger partial charge in [-0.15, -0.1) is 4.91 Å². The van der Waals surface area contributed by atoms with Crippen LogP contribution >= 0.6 is 11.6 Å². The number of rotatable bonds is 6. The smallest absolute Gasteiger partial charge is 0.316 e. The van der Waals surface area contributed by atoms with Crippen LogP contribution in [0.15, 0.2) is 58.2 Å². The molecule has 1 aliphatic heterocycles. The van der Waals surface area contributed by atoms with Crippen molar-refractivity contribution in [2.24, 2.45) is 5.18 Å². The summed E-state index contributed by atoms with van der Waals surface area (Å²) in [6.07, 6.45) is 4.42. The number of pyridine rings is 1. The minimum absolute atomic E-state index is 0.193. The van der Waals surface area contributed by atoms with Gasteiger partial charge in [0.05, 0.1) is 16.3 Å². The Morgan fingerprint density at radius 3 is 2.79 bits per heavy atom. The van der Waals surface area contributed by atoms with Gasteiger partial charge in [0.1, 0.15) is 29.6 Å². The largest absolute Gasteiger partial charge is 0.473 e. The molecule has 0 unspecified atom stereocenters. The van der Waals surface area contributed by atoms with Gasteiger partial charge in [-0.3, -0.25) is 4.79 Å². The Labute approximate surface area is 223 Å². The molecule has 1 saturated carbocycles. The summed E-state index contributed by atoms with van der Waals surface area (Å²) in [5.41, 5.74) is 5.37. The third kappa shape index (κ3) is 4.67. The fourth-order valence-electron chi connectivity index (χ4n) is 4.83. The van der Waals surface area contributed by atoms with Gasteiger partial charge < -0.3 is 14.0 Å². The second-order valence-electron chi connectivity index (χ2n) is 9.64. The number of nitrogens with zero attached hydrogens (tertiary/aromatic N) is 3. The maximum atomic E-state index is 11.8. The number of ether oxygens (including phenoxy) is 2. The first kappa shape index (κ1) is 24.3. The maximum absolute atomic E-state index is 11.8. The van der Waals surface area contributed by atoms with Crippen LogP contribution in [-0.2, 0) is 19.4 Å². The highest BCUT2D eigenvalue weighted by Crippen LogP contribution is 2.45. The van der Waals surface area contributed by atoms with E-state index in [9.17, 15) is 9.70 Å². The summed E-state index contributed by atoms with van der Waals surface area (Å²) >= 11 is 6.55. The van der Waals surface area contributed by atoms with Crippen LogP contribution in [0.4, 0.5) is 0 Å². The molecule has 9 heteroatoms. The van der Waals surface area contributed by atoms with Crippen molar-refractivity contribution in [3.63, 3.8) is 0 Å². The van der Waals surface area contributed by atoms with E-state index in [0.717, 1.165) is 59.4 Å². The van der Waals surface area contributed by atoms with Crippen molar-refractivity contribution in [1.82, 2.24) is 10.1 Å². The second kappa shape index (κ2) is 10.0. The summed E-state index contributed by atoms with van der Waals surface area (Å²) in [5.74, 6) is 1.94. The standard InChI is InChI=1S/C29H24ClN3O5/c1-16-4-2-6-21(30)26(16)27-20(28(38-33-27)18-9-10-18)15-36-25-13-12-23-22(31-25)7-3-5-17-8-11-19(29(34)32-35)14-24(17)37-23/h2,4,6,8,11-14,18H,3,5,7,9-10,15H2,1H3. The first-order valence-electron chi connectivity index (χ1n) is 12.6. The first-order chi connectivity index (χ1) is 18.5. The molecule has 0 atom stereocenters.